The number of nitrogens with zero attached hydrogens (tertiary/aromatic N) is 2. The maximum atomic E-state index is 12.5. The molecule has 0 spiro atoms. The van der Waals surface area contributed by atoms with Crippen LogP contribution in [-0.2, 0) is 23.1 Å². The summed E-state index contributed by atoms with van der Waals surface area (Å²) in [6.07, 6.45) is 0.562. The fraction of sp³-hybridized carbons (Fsp3) is 0.450. The van der Waals surface area contributed by atoms with Gasteiger partial charge in [-0.2, -0.15) is 5.10 Å². The molecule has 1 heterocycles. The molecule has 2 N–H and O–H groups in total. The van der Waals surface area contributed by atoms with Crippen molar-refractivity contribution in [1.82, 2.24) is 15.1 Å². The molecule has 0 aliphatic rings. The molecular weight excluding hydrogens is 362 g/mol. The molecule has 1 aromatic heterocycles. The highest BCUT2D eigenvalue weighted by molar-refractivity contribution is 5.78. The maximum absolute atomic E-state index is 12.5. The second-order valence-electron chi connectivity index (χ2n) is 6.61. The first-order valence-corrected chi connectivity index (χ1v) is 8.99. The first-order chi connectivity index (χ1) is 13.3. The average molecular weight is 389 g/mol. The minimum absolute atomic E-state index is 0.219. The summed E-state index contributed by atoms with van der Waals surface area (Å²) < 4.78 is 12.3. The Hall–Kier alpha value is -3.03. The van der Waals surface area contributed by atoms with E-state index in [0.717, 1.165) is 17.0 Å². The van der Waals surface area contributed by atoms with Gasteiger partial charge in [0.25, 0.3) is 0 Å². The third-order valence-electron chi connectivity index (χ3n) is 4.78. The Morgan fingerprint density at radius 1 is 1.21 bits per heavy atom. The lowest BCUT2D eigenvalue weighted by Crippen LogP contribution is -2.30. The number of hydrogen-bond acceptors (Lipinski definition) is 5. The molecule has 2 rings (SSSR count). The van der Waals surface area contributed by atoms with E-state index in [4.69, 9.17) is 9.47 Å². The highest BCUT2D eigenvalue weighted by Gasteiger charge is 2.20. The zero-order valence-corrected chi connectivity index (χ0v) is 16.9. The third-order valence-corrected chi connectivity index (χ3v) is 4.78. The van der Waals surface area contributed by atoms with Crippen LogP contribution < -0.4 is 14.8 Å². The third kappa shape index (κ3) is 5.03. The second-order valence-corrected chi connectivity index (χ2v) is 6.61. The van der Waals surface area contributed by atoms with Crippen molar-refractivity contribution in [1.29, 1.82) is 0 Å². The zero-order chi connectivity index (χ0) is 20.8. The number of amides is 1. The molecule has 0 saturated carbocycles. The van der Waals surface area contributed by atoms with Crippen molar-refractivity contribution < 1.29 is 24.2 Å². The molecule has 1 amide bonds. The summed E-state index contributed by atoms with van der Waals surface area (Å²) >= 11 is 0. The topological polar surface area (TPSA) is 103 Å². The number of aromatic nitrogens is 2. The fourth-order valence-corrected chi connectivity index (χ4v) is 3.18. The summed E-state index contributed by atoms with van der Waals surface area (Å²) in [4.78, 5) is 23.8. The summed E-state index contributed by atoms with van der Waals surface area (Å²) in [5.74, 6) is -0.205. The van der Waals surface area contributed by atoms with E-state index in [1.54, 1.807) is 22.9 Å². The van der Waals surface area contributed by atoms with Gasteiger partial charge in [0.2, 0.25) is 5.91 Å². The minimum Gasteiger partial charge on any atom is -0.493 e. The van der Waals surface area contributed by atoms with E-state index < -0.39 is 12.0 Å². The van der Waals surface area contributed by atoms with E-state index in [1.165, 1.54) is 14.2 Å². The first-order valence-electron chi connectivity index (χ1n) is 8.99. The lowest BCUT2D eigenvalue weighted by Gasteiger charge is -2.19. The standard InChI is InChI=1S/C20H27N3O5/c1-12-15(13(2)23(3)22-12)7-9-19(24)21-16(11-20(25)26)14-6-8-17(27-4)18(10-14)28-5/h6,8,10,16H,7,9,11H2,1-5H3,(H,21,24)(H,25,26)/t16-/m1/s1. The zero-order valence-electron chi connectivity index (χ0n) is 16.9. The molecule has 0 aliphatic carbocycles. The van der Waals surface area contributed by atoms with Crippen molar-refractivity contribution in [3.63, 3.8) is 0 Å². The Morgan fingerprint density at radius 3 is 2.43 bits per heavy atom. The smallest absolute Gasteiger partial charge is 0.305 e. The molecule has 28 heavy (non-hydrogen) atoms. The van der Waals surface area contributed by atoms with Gasteiger partial charge in [-0.25, -0.2) is 0 Å². The number of aliphatic carboxylic acids is 1. The number of benzene rings is 1. The SMILES string of the molecule is COc1ccc([C@@H](CC(=O)O)NC(=O)CCc2c(C)nn(C)c2C)cc1OC. The Bertz CT molecular complexity index is 860. The van der Waals surface area contributed by atoms with Crippen LogP contribution >= 0.6 is 0 Å². The lowest BCUT2D eigenvalue weighted by molar-refractivity contribution is -0.137. The van der Waals surface area contributed by atoms with E-state index in [0.29, 0.717) is 23.5 Å². The van der Waals surface area contributed by atoms with Gasteiger partial charge < -0.3 is 19.9 Å². The van der Waals surface area contributed by atoms with E-state index in [9.17, 15) is 14.7 Å². The molecule has 0 unspecified atom stereocenters. The number of nitrogens with one attached hydrogen (secondary N) is 1. The van der Waals surface area contributed by atoms with Crippen molar-refractivity contribution in [2.75, 3.05) is 14.2 Å². The van der Waals surface area contributed by atoms with Gasteiger partial charge in [-0.05, 0) is 43.5 Å². The molecular formula is C20H27N3O5. The molecule has 0 fully saturated rings. The Balaban J connectivity index is 2.13. The van der Waals surface area contributed by atoms with Crippen LogP contribution in [0, 0.1) is 13.8 Å². The highest BCUT2D eigenvalue weighted by Crippen LogP contribution is 2.31. The summed E-state index contributed by atoms with van der Waals surface area (Å²) in [5, 5.41) is 16.4. The average Bonchev–Trinajstić information content (AvgIpc) is 2.90. The molecule has 0 bridgehead atoms. The summed E-state index contributed by atoms with van der Waals surface area (Å²) in [5.41, 5.74) is 3.60. The number of aryl methyl sites for hydroxylation is 2. The summed E-state index contributed by atoms with van der Waals surface area (Å²) in [6, 6.07) is 4.44. The van der Waals surface area contributed by atoms with E-state index in [1.807, 2.05) is 20.9 Å². The Labute approximate surface area is 164 Å². The first kappa shape index (κ1) is 21.3. The summed E-state index contributed by atoms with van der Waals surface area (Å²) in [6.45, 7) is 3.88. The number of carbonyl (C=O) groups excluding carboxylic acids is 1. The largest absolute Gasteiger partial charge is 0.493 e. The second kappa shape index (κ2) is 9.25. The Morgan fingerprint density at radius 2 is 1.89 bits per heavy atom. The number of hydrogen-bond donors (Lipinski definition) is 2. The summed E-state index contributed by atoms with van der Waals surface area (Å²) in [7, 11) is 4.90. The normalized spacial score (nSPS) is 11.8. The molecule has 1 aromatic carbocycles. The van der Waals surface area contributed by atoms with Crippen molar-refractivity contribution in [2.45, 2.75) is 39.2 Å². The predicted octanol–water partition coefficient (Wildman–Crippen LogP) is 2.32. The van der Waals surface area contributed by atoms with Crippen LogP contribution in [-0.4, -0.2) is 41.0 Å². The van der Waals surface area contributed by atoms with Crippen LogP contribution in [0.1, 0.15) is 41.4 Å². The molecule has 1 atom stereocenters. The molecule has 8 nitrogen and oxygen atoms in total. The minimum atomic E-state index is -1.00. The van der Waals surface area contributed by atoms with Gasteiger partial charge in [0.05, 0.1) is 32.4 Å². The van der Waals surface area contributed by atoms with Crippen molar-refractivity contribution in [3.05, 3.63) is 40.7 Å². The van der Waals surface area contributed by atoms with Crippen LogP contribution in [0.25, 0.3) is 0 Å². The van der Waals surface area contributed by atoms with Crippen LogP contribution in [0.5, 0.6) is 11.5 Å². The van der Waals surface area contributed by atoms with Gasteiger partial charge in [0.15, 0.2) is 11.5 Å². The number of ether oxygens (including phenoxy) is 2. The number of carboxylic acids is 1. The van der Waals surface area contributed by atoms with Gasteiger partial charge in [-0.15, -0.1) is 0 Å². The molecule has 0 aliphatic heterocycles. The van der Waals surface area contributed by atoms with Crippen LogP contribution in [0.2, 0.25) is 0 Å². The molecule has 8 heteroatoms. The van der Waals surface area contributed by atoms with E-state index in [2.05, 4.69) is 10.4 Å². The van der Waals surface area contributed by atoms with Crippen molar-refractivity contribution >= 4 is 11.9 Å². The van der Waals surface area contributed by atoms with Gasteiger partial charge in [0, 0.05) is 19.2 Å². The van der Waals surface area contributed by atoms with Crippen molar-refractivity contribution in [3.8, 4) is 11.5 Å². The molecule has 2 aromatic rings. The van der Waals surface area contributed by atoms with Gasteiger partial charge in [-0.1, -0.05) is 6.07 Å². The number of methoxy groups -OCH3 is 2. The van der Waals surface area contributed by atoms with Crippen LogP contribution in [0.4, 0.5) is 0 Å². The molecule has 0 saturated heterocycles. The number of carboxylic acid groups (broad SMARTS) is 1. The van der Waals surface area contributed by atoms with Gasteiger partial charge >= 0.3 is 5.97 Å². The fourth-order valence-electron chi connectivity index (χ4n) is 3.18. The number of carbonyl (C=O) groups is 2. The molecule has 152 valence electrons. The van der Waals surface area contributed by atoms with Crippen LogP contribution in [0.3, 0.4) is 0 Å². The highest BCUT2D eigenvalue weighted by atomic mass is 16.5. The van der Waals surface area contributed by atoms with E-state index in [-0.39, 0.29) is 18.7 Å². The van der Waals surface area contributed by atoms with Gasteiger partial charge in [0.1, 0.15) is 0 Å². The van der Waals surface area contributed by atoms with Crippen LogP contribution in [0.15, 0.2) is 18.2 Å². The quantitative estimate of drug-likeness (QED) is 0.682. The maximum Gasteiger partial charge on any atom is 0.305 e. The monoisotopic (exact) mass is 389 g/mol. The predicted molar refractivity (Wildman–Crippen MR) is 104 cm³/mol. The van der Waals surface area contributed by atoms with Gasteiger partial charge in [-0.3, -0.25) is 14.3 Å². The number of rotatable bonds is 9. The lowest BCUT2D eigenvalue weighted by atomic mass is 10.0. The van der Waals surface area contributed by atoms with Crippen molar-refractivity contribution in [2.24, 2.45) is 7.05 Å². The molecule has 0 radical (unpaired) electrons. The Kier molecular flexibility index (Phi) is 7.03. The van der Waals surface area contributed by atoms with E-state index >= 15 is 0 Å².